The summed E-state index contributed by atoms with van der Waals surface area (Å²) in [5.41, 5.74) is 1.29. The summed E-state index contributed by atoms with van der Waals surface area (Å²) in [6.07, 6.45) is 0.950. The number of hydrogen-bond acceptors (Lipinski definition) is 4. The second-order valence-electron chi connectivity index (χ2n) is 5.82. The lowest BCUT2D eigenvalue weighted by atomic mass is 10.1. The first-order chi connectivity index (χ1) is 12.3. The summed E-state index contributed by atoms with van der Waals surface area (Å²) in [6.45, 7) is 0. The monoisotopic (exact) mass is 365 g/mol. The van der Waals surface area contributed by atoms with Crippen LogP contribution in [0.3, 0.4) is 0 Å². The number of carbonyl (C=O) groups is 2. The number of rotatable bonds is 0. The predicted molar refractivity (Wildman–Crippen MR) is 82.6 cm³/mol. The van der Waals surface area contributed by atoms with Gasteiger partial charge in [-0.1, -0.05) is 5.16 Å². The van der Waals surface area contributed by atoms with Crippen LogP contribution in [0.15, 0.2) is 29.4 Å². The Labute approximate surface area is 144 Å². The van der Waals surface area contributed by atoms with Gasteiger partial charge in [0.1, 0.15) is 5.71 Å². The van der Waals surface area contributed by atoms with E-state index < -0.39 is 29.1 Å². The molecular formula is C18H11F4NO3. The van der Waals surface area contributed by atoms with Gasteiger partial charge in [0.15, 0.2) is 29.1 Å². The molecule has 26 heavy (non-hydrogen) atoms. The van der Waals surface area contributed by atoms with E-state index in [2.05, 4.69) is 5.16 Å². The van der Waals surface area contributed by atoms with Crippen molar-refractivity contribution < 1.29 is 32.4 Å². The second-order valence-corrected chi connectivity index (χ2v) is 5.82. The SMILES string of the molecule is O=C1/C(=N\O)Cc2cc(F)c(F)cc21.O=C1CCc2cc(F)c(F)cc21. The molecule has 0 spiro atoms. The molecule has 2 aromatic carbocycles. The smallest absolute Gasteiger partial charge is 0.211 e. The number of aryl methyl sites for hydroxylation is 1. The molecule has 0 bridgehead atoms. The normalized spacial score (nSPS) is 16.4. The van der Waals surface area contributed by atoms with E-state index in [4.69, 9.17) is 5.21 Å². The van der Waals surface area contributed by atoms with Gasteiger partial charge in [-0.15, -0.1) is 0 Å². The summed E-state index contributed by atoms with van der Waals surface area (Å²) < 4.78 is 50.7. The minimum Gasteiger partial charge on any atom is -0.411 e. The number of halogens is 4. The first-order valence-corrected chi connectivity index (χ1v) is 7.56. The highest BCUT2D eigenvalue weighted by Crippen LogP contribution is 2.24. The van der Waals surface area contributed by atoms with Crippen LogP contribution in [0.1, 0.15) is 38.3 Å². The molecule has 0 aromatic heterocycles. The number of hydrogen-bond donors (Lipinski definition) is 1. The van der Waals surface area contributed by atoms with Crippen LogP contribution in [0.4, 0.5) is 17.6 Å². The van der Waals surface area contributed by atoms with Gasteiger partial charge in [0.05, 0.1) is 0 Å². The van der Waals surface area contributed by atoms with Gasteiger partial charge in [0.25, 0.3) is 0 Å². The minimum absolute atomic E-state index is 0.0435. The summed E-state index contributed by atoms with van der Waals surface area (Å²) in [7, 11) is 0. The lowest BCUT2D eigenvalue weighted by Gasteiger charge is -1.97. The van der Waals surface area contributed by atoms with Crippen LogP contribution in [0.2, 0.25) is 0 Å². The Morgan fingerprint density at radius 1 is 0.769 bits per heavy atom. The van der Waals surface area contributed by atoms with Crippen LogP contribution in [0.25, 0.3) is 0 Å². The molecule has 0 amide bonds. The van der Waals surface area contributed by atoms with Gasteiger partial charge in [0.2, 0.25) is 5.78 Å². The van der Waals surface area contributed by atoms with E-state index >= 15 is 0 Å². The van der Waals surface area contributed by atoms with E-state index in [1.54, 1.807) is 0 Å². The number of ketones is 2. The van der Waals surface area contributed by atoms with Crippen LogP contribution in [0.5, 0.6) is 0 Å². The average molecular weight is 365 g/mol. The maximum absolute atomic E-state index is 12.7. The van der Waals surface area contributed by atoms with Crippen molar-refractivity contribution in [3.63, 3.8) is 0 Å². The standard InChI is InChI=1S/C9H5F2NO2.C9H6F2O/c10-6-1-4-2-8(12-14)9(13)5(4)3-7(6)11;10-7-3-5-1-2-9(12)6(5)4-8(7)11/h1,3,14H,2H2;3-4H,1-2H2/b12-8-;. The Morgan fingerprint density at radius 3 is 1.92 bits per heavy atom. The molecule has 8 heteroatoms. The van der Waals surface area contributed by atoms with Crippen LogP contribution in [0, 0.1) is 23.3 Å². The Hall–Kier alpha value is -3.03. The third kappa shape index (κ3) is 3.10. The van der Waals surface area contributed by atoms with E-state index in [-0.39, 0.29) is 23.5 Å². The summed E-state index contributed by atoms with van der Waals surface area (Å²) in [5.74, 6) is -4.54. The summed E-state index contributed by atoms with van der Waals surface area (Å²) in [6, 6.07) is 3.86. The largest absolute Gasteiger partial charge is 0.411 e. The van der Waals surface area contributed by atoms with Gasteiger partial charge in [0, 0.05) is 24.0 Å². The quantitative estimate of drug-likeness (QED) is 0.440. The van der Waals surface area contributed by atoms with Crippen molar-refractivity contribution in [3.05, 3.63) is 69.8 Å². The van der Waals surface area contributed by atoms with Crippen LogP contribution in [-0.4, -0.2) is 22.5 Å². The molecular weight excluding hydrogens is 354 g/mol. The molecule has 2 aromatic rings. The highest BCUT2D eigenvalue weighted by atomic mass is 19.2. The maximum atomic E-state index is 12.7. The van der Waals surface area contributed by atoms with Crippen LogP contribution >= 0.6 is 0 Å². The van der Waals surface area contributed by atoms with E-state index in [0.717, 1.165) is 24.3 Å². The van der Waals surface area contributed by atoms with E-state index in [1.165, 1.54) is 0 Å². The zero-order valence-electron chi connectivity index (χ0n) is 13.2. The molecule has 134 valence electrons. The van der Waals surface area contributed by atoms with Crippen molar-refractivity contribution in [2.75, 3.05) is 0 Å². The number of carbonyl (C=O) groups excluding carboxylic acids is 2. The first-order valence-electron chi connectivity index (χ1n) is 7.56. The van der Waals surface area contributed by atoms with Gasteiger partial charge >= 0.3 is 0 Å². The summed E-state index contributed by atoms with van der Waals surface area (Å²) >= 11 is 0. The number of benzene rings is 2. The van der Waals surface area contributed by atoms with Gasteiger partial charge in [-0.3, -0.25) is 9.59 Å². The lowest BCUT2D eigenvalue weighted by molar-refractivity contribution is 0.0993. The van der Waals surface area contributed by atoms with Gasteiger partial charge in [-0.2, -0.15) is 0 Å². The fraction of sp³-hybridized carbons (Fsp3) is 0.167. The maximum Gasteiger partial charge on any atom is 0.211 e. The molecule has 0 unspecified atom stereocenters. The van der Waals surface area contributed by atoms with Crippen molar-refractivity contribution >= 4 is 17.3 Å². The van der Waals surface area contributed by atoms with Gasteiger partial charge < -0.3 is 5.21 Å². The van der Waals surface area contributed by atoms with Crippen molar-refractivity contribution in [1.82, 2.24) is 0 Å². The Balaban J connectivity index is 0.000000152. The molecule has 0 heterocycles. The Kier molecular flexibility index (Phi) is 4.58. The van der Waals surface area contributed by atoms with Gasteiger partial charge in [-0.05, 0) is 41.8 Å². The van der Waals surface area contributed by atoms with Crippen LogP contribution in [-0.2, 0) is 12.8 Å². The fourth-order valence-electron chi connectivity index (χ4n) is 2.88. The first kappa shape index (κ1) is 17.8. The summed E-state index contributed by atoms with van der Waals surface area (Å²) in [5, 5.41) is 11.2. The van der Waals surface area contributed by atoms with E-state index in [0.29, 0.717) is 29.5 Å². The highest BCUT2D eigenvalue weighted by molar-refractivity contribution is 6.49. The number of nitrogens with zero attached hydrogens (tertiary/aromatic N) is 1. The zero-order chi connectivity index (χ0) is 19.0. The molecule has 0 atom stereocenters. The molecule has 2 aliphatic carbocycles. The number of fused-ring (bicyclic) bond motifs is 2. The highest BCUT2D eigenvalue weighted by Gasteiger charge is 2.28. The van der Waals surface area contributed by atoms with E-state index in [1.807, 2.05) is 0 Å². The van der Waals surface area contributed by atoms with Crippen molar-refractivity contribution in [2.45, 2.75) is 19.3 Å². The second kappa shape index (κ2) is 6.70. The molecule has 0 aliphatic heterocycles. The predicted octanol–water partition coefficient (Wildman–Crippen LogP) is 3.63. The molecule has 0 radical (unpaired) electrons. The average Bonchev–Trinajstić information content (AvgIpc) is 3.10. The van der Waals surface area contributed by atoms with E-state index in [9.17, 15) is 27.2 Å². The Bertz CT molecular complexity index is 969. The number of Topliss-reactive ketones (excluding diaryl/α,β-unsaturated/α-hetero) is 2. The molecule has 1 N–H and O–H groups in total. The zero-order valence-corrected chi connectivity index (χ0v) is 13.2. The molecule has 2 aliphatic rings. The molecule has 0 fully saturated rings. The van der Waals surface area contributed by atoms with Crippen molar-refractivity contribution in [2.24, 2.45) is 5.16 Å². The lowest BCUT2D eigenvalue weighted by Crippen LogP contribution is -2.07. The molecule has 4 rings (SSSR count). The van der Waals surface area contributed by atoms with Gasteiger partial charge in [-0.25, -0.2) is 17.6 Å². The van der Waals surface area contributed by atoms with Crippen molar-refractivity contribution in [1.29, 1.82) is 0 Å². The Morgan fingerprint density at radius 2 is 1.31 bits per heavy atom. The minimum atomic E-state index is -1.07. The molecule has 0 saturated carbocycles. The third-order valence-corrected chi connectivity index (χ3v) is 4.20. The van der Waals surface area contributed by atoms with Crippen molar-refractivity contribution in [3.8, 4) is 0 Å². The molecule has 4 nitrogen and oxygen atoms in total. The molecule has 0 saturated heterocycles. The fourth-order valence-corrected chi connectivity index (χ4v) is 2.88. The summed E-state index contributed by atoms with van der Waals surface area (Å²) in [4.78, 5) is 22.4. The van der Waals surface area contributed by atoms with Crippen LogP contribution < -0.4 is 0 Å². The topological polar surface area (TPSA) is 66.7 Å². The third-order valence-electron chi connectivity index (χ3n) is 4.20. The number of oxime groups is 1.